The monoisotopic (exact) mass is 334 g/mol. The average Bonchev–Trinajstić information content (AvgIpc) is 2.40. The third-order valence-corrected chi connectivity index (χ3v) is 3.86. The minimum atomic E-state index is -4.62. The van der Waals surface area contributed by atoms with Crippen LogP contribution in [0.15, 0.2) is 42.6 Å². The van der Waals surface area contributed by atoms with Crippen LogP contribution in [0, 0.1) is 5.82 Å². The normalized spacial score (nSPS) is 12.2. The van der Waals surface area contributed by atoms with Crippen LogP contribution in [0.4, 0.5) is 23.4 Å². The minimum absolute atomic E-state index is 0.0954. The number of pyridine rings is 1. The fraction of sp³-hybridized carbons (Fsp3) is 0.154. The second-order valence-electron chi connectivity index (χ2n) is 4.38. The molecule has 0 radical (unpaired) electrons. The van der Waals surface area contributed by atoms with Gasteiger partial charge in [0.15, 0.2) is 0 Å². The molecular formula is C13H10F4N2O2S. The van der Waals surface area contributed by atoms with Crippen molar-refractivity contribution < 1.29 is 26.0 Å². The summed E-state index contributed by atoms with van der Waals surface area (Å²) in [6.07, 6.45) is -3.78. The lowest BCUT2D eigenvalue weighted by molar-refractivity contribution is -0.137. The molecule has 0 amide bonds. The van der Waals surface area contributed by atoms with Crippen molar-refractivity contribution in [1.29, 1.82) is 0 Å². The van der Waals surface area contributed by atoms with E-state index in [0.717, 1.165) is 12.3 Å². The number of halogens is 4. The van der Waals surface area contributed by atoms with Gasteiger partial charge in [-0.15, -0.1) is 0 Å². The van der Waals surface area contributed by atoms with Crippen LogP contribution in [-0.4, -0.2) is 13.4 Å². The van der Waals surface area contributed by atoms with E-state index in [2.05, 4.69) is 4.98 Å². The number of benzene rings is 1. The number of sulfonamides is 1. The summed E-state index contributed by atoms with van der Waals surface area (Å²) >= 11 is 0. The molecule has 0 atom stereocenters. The van der Waals surface area contributed by atoms with Gasteiger partial charge in [0.25, 0.3) is 0 Å². The Balaban J connectivity index is 2.21. The summed E-state index contributed by atoms with van der Waals surface area (Å²) in [5.74, 6) is -1.91. The molecule has 2 rings (SSSR count). The zero-order chi connectivity index (χ0) is 16.4. The molecule has 4 nitrogen and oxygen atoms in total. The molecular weight excluding hydrogens is 324 g/mol. The Morgan fingerprint density at radius 1 is 1.14 bits per heavy atom. The van der Waals surface area contributed by atoms with Crippen LogP contribution < -0.4 is 4.72 Å². The number of alkyl halides is 3. The fourth-order valence-corrected chi connectivity index (χ4v) is 2.82. The molecule has 0 bridgehead atoms. The highest BCUT2D eigenvalue weighted by atomic mass is 32.2. The van der Waals surface area contributed by atoms with Crippen LogP contribution in [0.2, 0.25) is 0 Å². The first-order valence-electron chi connectivity index (χ1n) is 5.94. The number of nitrogens with one attached hydrogen (secondary N) is 1. The Morgan fingerprint density at radius 3 is 2.45 bits per heavy atom. The van der Waals surface area contributed by atoms with Crippen molar-refractivity contribution in [3.8, 4) is 0 Å². The third kappa shape index (κ3) is 4.17. The van der Waals surface area contributed by atoms with Crippen molar-refractivity contribution in [2.45, 2.75) is 11.9 Å². The number of rotatable bonds is 4. The molecule has 0 spiro atoms. The zero-order valence-electron chi connectivity index (χ0n) is 10.9. The summed E-state index contributed by atoms with van der Waals surface area (Å²) in [6, 6.07) is 6.50. The van der Waals surface area contributed by atoms with E-state index < -0.39 is 39.2 Å². The third-order valence-electron chi connectivity index (χ3n) is 2.65. The maximum atomic E-state index is 13.4. The van der Waals surface area contributed by atoms with Crippen molar-refractivity contribution >= 4 is 15.8 Å². The lowest BCUT2D eigenvalue weighted by atomic mass is 10.2. The molecule has 2 aromatic rings. The molecule has 1 aromatic heterocycles. The van der Waals surface area contributed by atoms with E-state index in [1.807, 2.05) is 4.72 Å². The summed E-state index contributed by atoms with van der Waals surface area (Å²) in [4.78, 5) is 3.52. The Kier molecular flexibility index (Phi) is 4.36. The molecule has 1 heterocycles. The van der Waals surface area contributed by atoms with E-state index in [4.69, 9.17) is 0 Å². The molecule has 118 valence electrons. The molecule has 22 heavy (non-hydrogen) atoms. The number of anilines is 1. The van der Waals surface area contributed by atoms with Gasteiger partial charge in [-0.1, -0.05) is 18.2 Å². The predicted molar refractivity (Wildman–Crippen MR) is 71.9 cm³/mol. The Morgan fingerprint density at radius 2 is 1.82 bits per heavy atom. The van der Waals surface area contributed by atoms with Gasteiger partial charge in [0.05, 0.1) is 11.3 Å². The Bertz CT molecular complexity index is 776. The van der Waals surface area contributed by atoms with Crippen LogP contribution in [0.3, 0.4) is 0 Å². The summed E-state index contributed by atoms with van der Waals surface area (Å²) < 4.78 is 76.7. The molecule has 1 aromatic carbocycles. The van der Waals surface area contributed by atoms with E-state index in [-0.39, 0.29) is 5.56 Å². The van der Waals surface area contributed by atoms with Crippen molar-refractivity contribution in [2.24, 2.45) is 0 Å². The van der Waals surface area contributed by atoms with Crippen LogP contribution >= 0.6 is 0 Å². The highest BCUT2D eigenvalue weighted by molar-refractivity contribution is 7.91. The Hall–Kier alpha value is -2.16. The SMILES string of the molecule is O=S(=O)(Cc1ccccc1F)Nc1cc(C(F)(F)F)ccn1. The number of aromatic nitrogens is 1. The fourth-order valence-electron chi connectivity index (χ4n) is 1.68. The van der Waals surface area contributed by atoms with Crippen LogP contribution in [-0.2, 0) is 22.0 Å². The first-order valence-corrected chi connectivity index (χ1v) is 7.60. The van der Waals surface area contributed by atoms with Gasteiger partial charge in [-0.25, -0.2) is 17.8 Å². The van der Waals surface area contributed by atoms with Crippen LogP contribution in [0.1, 0.15) is 11.1 Å². The summed E-state index contributed by atoms with van der Waals surface area (Å²) in [5.41, 5.74) is -1.13. The largest absolute Gasteiger partial charge is 0.416 e. The molecule has 0 unspecified atom stereocenters. The standard InChI is InChI=1S/C13H10F4N2O2S/c14-11-4-2-1-3-9(11)8-22(20,21)19-12-7-10(5-6-18-12)13(15,16)17/h1-7H,8H2,(H,18,19). The van der Waals surface area contributed by atoms with Crippen molar-refractivity contribution in [3.05, 3.63) is 59.5 Å². The van der Waals surface area contributed by atoms with Gasteiger partial charge >= 0.3 is 6.18 Å². The lowest BCUT2D eigenvalue weighted by Gasteiger charge is -2.10. The molecule has 9 heteroatoms. The van der Waals surface area contributed by atoms with Gasteiger partial charge in [0.1, 0.15) is 11.6 Å². The van der Waals surface area contributed by atoms with Crippen LogP contribution in [0.5, 0.6) is 0 Å². The highest BCUT2D eigenvalue weighted by Gasteiger charge is 2.31. The van der Waals surface area contributed by atoms with Crippen molar-refractivity contribution in [2.75, 3.05) is 4.72 Å². The van der Waals surface area contributed by atoms with Gasteiger partial charge in [0.2, 0.25) is 10.0 Å². The first-order chi connectivity index (χ1) is 10.2. The van der Waals surface area contributed by atoms with Gasteiger partial charge in [-0.3, -0.25) is 4.72 Å². The average molecular weight is 334 g/mol. The van der Waals surface area contributed by atoms with E-state index in [9.17, 15) is 26.0 Å². The minimum Gasteiger partial charge on any atom is -0.267 e. The number of hydrogen-bond donors (Lipinski definition) is 1. The molecule has 0 aliphatic rings. The summed E-state index contributed by atoms with van der Waals surface area (Å²) in [7, 11) is -4.09. The molecule has 0 fully saturated rings. The van der Waals surface area contributed by atoms with Gasteiger partial charge in [0, 0.05) is 11.8 Å². The summed E-state index contributed by atoms with van der Waals surface area (Å²) in [5, 5.41) is 0. The van der Waals surface area contributed by atoms with E-state index >= 15 is 0 Å². The van der Waals surface area contributed by atoms with Crippen molar-refractivity contribution in [1.82, 2.24) is 4.98 Å². The Labute approximate surface area is 123 Å². The van der Waals surface area contributed by atoms with Gasteiger partial charge in [-0.05, 0) is 18.2 Å². The second kappa shape index (κ2) is 5.91. The topological polar surface area (TPSA) is 59.1 Å². The molecule has 0 saturated carbocycles. The zero-order valence-corrected chi connectivity index (χ0v) is 11.7. The molecule has 0 aliphatic heterocycles. The lowest BCUT2D eigenvalue weighted by Crippen LogP contribution is -2.17. The smallest absolute Gasteiger partial charge is 0.267 e. The van der Waals surface area contributed by atoms with Crippen LogP contribution in [0.25, 0.3) is 0 Å². The van der Waals surface area contributed by atoms with E-state index in [1.54, 1.807) is 0 Å². The number of hydrogen-bond acceptors (Lipinski definition) is 3. The first kappa shape index (κ1) is 16.2. The quantitative estimate of drug-likeness (QED) is 0.874. The molecule has 0 saturated heterocycles. The maximum Gasteiger partial charge on any atom is 0.416 e. The highest BCUT2D eigenvalue weighted by Crippen LogP contribution is 2.30. The number of nitrogens with zero attached hydrogens (tertiary/aromatic N) is 1. The molecule has 0 aliphatic carbocycles. The van der Waals surface area contributed by atoms with E-state index in [0.29, 0.717) is 12.1 Å². The van der Waals surface area contributed by atoms with Gasteiger partial charge < -0.3 is 0 Å². The predicted octanol–water partition coefficient (Wildman–Crippen LogP) is 3.18. The second-order valence-corrected chi connectivity index (χ2v) is 6.10. The summed E-state index contributed by atoms with van der Waals surface area (Å²) in [6.45, 7) is 0. The van der Waals surface area contributed by atoms with E-state index in [1.165, 1.54) is 18.2 Å². The van der Waals surface area contributed by atoms with Crippen molar-refractivity contribution in [3.63, 3.8) is 0 Å². The maximum absolute atomic E-state index is 13.4. The van der Waals surface area contributed by atoms with Gasteiger partial charge in [-0.2, -0.15) is 13.2 Å². The molecule has 1 N–H and O–H groups in total.